The largest absolute Gasteiger partial charge is 0.480 e. The van der Waals surface area contributed by atoms with E-state index in [0.29, 0.717) is 17.5 Å². The Labute approximate surface area is 136 Å². The highest BCUT2D eigenvalue weighted by molar-refractivity contribution is 6.05. The number of carbonyl (C=O) groups excluding carboxylic acids is 1. The predicted molar refractivity (Wildman–Crippen MR) is 88.8 cm³/mol. The third-order valence-corrected chi connectivity index (χ3v) is 4.32. The van der Waals surface area contributed by atoms with Gasteiger partial charge in [0.2, 0.25) is 5.88 Å². The lowest BCUT2D eigenvalue weighted by Crippen LogP contribution is -2.46. The standard InChI is InChI=1S/C18H21N3O2/c1-12(2)15-9-8-13-6-4-5-7-16(13)21(15)18(22)14-10-19-11-17(20-14)23-3/h4-7,10-12,15H,8-9H2,1-3H3. The maximum absolute atomic E-state index is 13.1. The first kappa shape index (κ1) is 15.5. The highest BCUT2D eigenvalue weighted by atomic mass is 16.5. The fraction of sp³-hybridized carbons (Fsp3) is 0.389. The Bertz CT molecular complexity index is 715. The summed E-state index contributed by atoms with van der Waals surface area (Å²) in [6.45, 7) is 4.30. The number of benzene rings is 1. The van der Waals surface area contributed by atoms with E-state index >= 15 is 0 Å². The Morgan fingerprint density at radius 3 is 2.83 bits per heavy atom. The normalized spacial score (nSPS) is 17.0. The molecule has 1 aliphatic rings. The van der Waals surface area contributed by atoms with Crippen molar-refractivity contribution in [1.29, 1.82) is 0 Å². The minimum atomic E-state index is -0.123. The Morgan fingerprint density at radius 2 is 2.09 bits per heavy atom. The lowest BCUT2D eigenvalue weighted by molar-refractivity contribution is 0.0959. The van der Waals surface area contributed by atoms with Gasteiger partial charge in [-0.3, -0.25) is 9.78 Å². The van der Waals surface area contributed by atoms with Crippen molar-refractivity contribution >= 4 is 11.6 Å². The summed E-state index contributed by atoms with van der Waals surface area (Å²) < 4.78 is 5.09. The molecule has 1 aliphatic heterocycles. The van der Waals surface area contributed by atoms with E-state index in [1.807, 2.05) is 23.1 Å². The number of rotatable bonds is 3. The number of nitrogens with zero attached hydrogens (tertiary/aromatic N) is 3. The van der Waals surface area contributed by atoms with Crippen molar-refractivity contribution in [1.82, 2.24) is 9.97 Å². The predicted octanol–water partition coefficient (Wildman–Crippen LogP) is 3.10. The SMILES string of the molecule is COc1cncc(C(=O)N2c3ccccc3CCC2C(C)C)n1. The van der Waals surface area contributed by atoms with Crippen LogP contribution in [0.5, 0.6) is 5.88 Å². The number of hydrogen-bond donors (Lipinski definition) is 0. The van der Waals surface area contributed by atoms with Crippen LogP contribution in [0.2, 0.25) is 0 Å². The van der Waals surface area contributed by atoms with Crippen LogP contribution in [0, 0.1) is 5.92 Å². The minimum Gasteiger partial charge on any atom is -0.480 e. The Morgan fingerprint density at radius 1 is 1.30 bits per heavy atom. The van der Waals surface area contributed by atoms with Crippen LogP contribution in [-0.2, 0) is 6.42 Å². The van der Waals surface area contributed by atoms with Gasteiger partial charge in [0.05, 0.1) is 19.5 Å². The summed E-state index contributed by atoms with van der Waals surface area (Å²) in [5, 5.41) is 0. The lowest BCUT2D eigenvalue weighted by Gasteiger charge is -2.39. The molecule has 0 saturated carbocycles. The number of ether oxygens (including phenoxy) is 1. The molecule has 1 amide bonds. The number of aryl methyl sites for hydroxylation is 1. The van der Waals surface area contributed by atoms with Gasteiger partial charge in [0, 0.05) is 11.7 Å². The van der Waals surface area contributed by atoms with E-state index in [1.165, 1.54) is 25.1 Å². The van der Waals surface area contributed by atoms with Crippen molar-refractivity contribution in [3.8, 4) is 5.88 Å². The van der Waals surface area contributed by atoms with Gasteiger partial charge >= 0.3 is 0 Å². The Kier molecular flexibility index (Phi) is 4.28. The molecule has 5 nitrogen and oxygen atoms in total. The summed E-state index contributed by atoms with van der Waals surface area (Å²) >= 11 is 0. The van der Waals surface area contributed by atoms with Crippen LogP contribution < -0.4 is 9.64 Å². The monoisotopic (exact) mass is 311 g/mol. The van der Waals surface area contributed by atoms with Gasteiger partial charge in [-0.1, -0.05) is 32.0 Å². The van der Waals surface area contributed by atoms with Crippen molar-refractivity contribution in [2.24, 2.45) is 5.92 Å². The van der Waals surface area contributed by atoms with Gasteiger partial charge in [-0.05, 0) is 30.4 Å². The summed E-state index contributed by atoms with van der Waals surface area (Å²) in [5.41, 5.74) is 2.49. The third-order valence-electron chi connectivity index (χ3n) is 4.32. The van der Waals surface area contributed by atoms with Crippen LogP contribution in [0.3, 0.4) is 0 Å². The second-order valence-electron chi connectivity index (χ2n) is 6.10. The molecule has 5 heteroatoms. The van der Waals surface area contributed by atoms with E-state index in [1.54, 1.807) is 0 Å². The van der Waals surface area contributed by atoms with Gasteiger partial charge < -0.3 is 9.64 Å². The van der Waals surface area contributed by atoms with Gasteiger partial charge in [0.1, 0.15) is 0 Å². The van der Waals surface area contributed by atoms with Crippen LogP contribution >= 0.6 is 0 Å². The molecular formula is C18H21N3O2. The summed E-state index contributed by atoms with van der Waals surface area (Å²) in [6.07, 6.45) is 4.95. The zero-order valence-electron chi connectivity index (χ0n) is 13.7. The van der Waals surface area contributed by atoms with E-state index < -0.39 is 0 Å². The molecule has 0 saturated heterocycles. The zero-order chi connectivity index (χ0) is 16.4. The minimum absolute atomic E-state index is 0.123. The highest BCUT2D eigenvalue weighted by Crippen LogP contribution is 2.34. The first-order valence-electron chi connectivity index (χ1n) is 7.89. The topological polar surface area (TPSA) is 55.3 Å². The average molecular weight is 311 g/mol. The molecule has 0 aliphatic carbocycles. The smallest absolute Gasteiger partial charge is 0.278 e. The van der Waals surface area contributed by atoms with Gasteiger partial charge in [-0.25, -0.2) is 4.98 Å². The van der Waals surface area contributed by atoms with Crippen molar-refractivity contribution in [2.45, 2.75) is 32.7 Å². The molecule has 23 heavy (non-hydrogen) atoms. The van der Waals surface area contributed by atoms with E-state index in [2.05, 4.69) is 29.9 Å². The van der Waals surface area contributed by atoms with Crippen LogP contribution in [0.1, 0.15) is 36.3 Å². The van der Waals surface area contributed by atoms with Crippen LogP contribution in [0.4, 0.5) is 5.69 Å². The molecule has 1 unspecified atom stereocenters. The molecule has 120 valence electrons. The number of fused-ring (bicyclic) bond motifs is 1. The zero-order valence-corrected chi connectivity index (χ0v) is 13.7. The maximum Gasteiger partial charge on any atom is 0.278 e. The maximum atomic E-state index is 13.1. The summed E-state index contributed by atoms with van der Waals surface area (Å²) in [5.74, 6) is 0.593. The molecule has 0 fully saturated rings. The number of amides is 1. The first-order valence-corrected chi connectivity index (χ1v) is 7.89. The summed E-state index contributed by atoms with van der Waals surface area (Å²) in [7, 11) is 1.52. The molecule has 0 spiro atoms. The van der Waals surface area contributed by atoms with Gasteiger partial charge in [0.15, 0.2) is 5.69 Å². The fourth-order valence-electron chi connectivity index (χ4n) is 3.13. The number of anilines is 1. The molecule has 1 aromatic heterocycles. The molecule has 0 radical (unpaired) electrons. The van der Waals surface area contributed by atoms with Crippen molar-refractivity contribution in [3.05, 3.63) is 47.9 Å². The first-order chi connectivity index (χ1) is 11.1. The second-order valence-corrected chi connectivity index (χ2v) is 6.10. The number of methoxy groups -OCH3 is 1. The molecule has 2 heterocycles. The lowest BCUT2D eigenvalue weighted by atomic mass is 9.89. The molecule has 1 atom stereocenters. The number of aromatic nitrogens is 2. The van der Waals surface area contributed by atoms with Gasteiger partial charge in [0.25, 0.3) is 5.91 Å². The van der Waals surface area contributed by atoms with Crippen molar-refractivity contribution < 1.29 is 9.53 Å². The second kappa shape index (κ2) is 6.36. The molecule has 2 aromatic rings. The van der Waals surface area contributed by atoms with Crippen molar-refractivity contribution in [2.75, 3.05) is 12.0 Å². The summed E-state index contributed by atoms with van der Waals surface area (Å²) in [6, 6.07) is 8.24. The van der Waals surface area contributed by atoms with Gasteiger partial charge in [-0.15, -0.1) is 0 Å². The quantitative estimate of drug-likeness (QED) is 0.874. The number of carbonyl (C=O) groups is 1. The molecule has 3 rings (SSSR count). The van der Waals surface area contributed by atoms with Crippen molar-refractivity contribution in [3.63, 3.8) is 0 Å². The molecule has 1 aromatic carbocycles. The third kappa shape index (κ3) is 2.91. The van der Waals surface area contributed by atoms with E-state index in [9.17, 15) is 4.79 Å². The fourth-order valence-corrected chi connectivity index (χ4v) is 3.13. The van der Waals surface area contributed by atoms with E-state index in [-0.39, 0.29) is 11.9 Å². The van der Waals surface area contributed by atoms with Crippen LogP contribution in [0.15, 0.2) is 36.7 Å². The highest BCUT2D eigenvalue weighted by Gasteiger charge is 2.34. The number of hydrogen-bond acceptors (Lipinski definition) is 4. The Hall–Kier alpha value is -2.43. The molecular weight excluding hydrogens is 290 g/mol. The van der Waals surface area contributed by atoms with E-state index in [4.69, 9.17) is 4.74 Å². The average Bonchev–Trinajstić information content (AvgIpc) is 2.60. The van der Waals surface area contributed by atoms with Crippen LogP contribution in [0.25, 0.3) is 0 Å². The number of para-hydroxylation sites is 1. The molecule has 0 N–H and O–H groups in total. The van der Waals surface area contributed by atoms with E-state index in [0.717, 1.165) is 18.5 Å². The molecule has 0 bridgehead atoms. The van der Waals surface area contributed by atoms with Gasteiger partial charge in [-0.2, -0.15) is 0 Å². The Balaban J connectivity index is 2.04. The summed E-state index contributed by atoms with van der Waals surface area (Å²) in [4.78, 5) is 23.3. The van der Waals surface area contributed by atoms with Crippen LogP contribution in [-0.4, -0.2) is 29.0 Å².